The van der Waals surface area contributed by atoms with Crippen LogP contribution in [-0.2, 0) is 12.3 Å². The summed E-state index contributed by atoms with van der Waals surface area (Å²) in [5.41, 5.74) is 2.93. The van der Waals surface area contributed by atoms with Crippen LogP contribution in [0.4, 0.5) is 0 Å². The number of aromatic amines is 1. The second kappa shape index (κ2) is 5.16. The summed E-state index contributed by atoms with van der Waals surface area (Å²) in [4.78, 5) is 16.0. The first-order valence-corrected chi connectivity index (χ1v) is 7.38. The molecule has 104 valence electrons. The summed E-state index contributed by atoms with van der Waals surface area (Å²) in [5.74, 6) is 0.686. The first-order valence-electron chi connectivity index (χ1n) is 6.39. The number of aromatic nitrogens is 5. The van der Waals surface area contributed by atoms with E-state index in [4.69, 9.17) is 0 Å². The highest BCUT2D eigenvalue weighted by Crippen LogP contribution is 2.19. The van der Waals surface area contributed by atoms with Crippen molar-refractivity contribution in [3.8, 4) is 0 Å². The SMILES string of the molecule is CCn1c(SCc2cn3cc(C)ccc3n2)n[nH]c1=O. The van der Waals surface area contributed by atoms with E-state index in [-0.39, 0.29) is 5.69 Å². The van der Waals surface area contributed by atoms with Crippen molar-refractivity contribution in [2.75, 3.05) is 0 Å². The Labute approximate surface area is 119 Å². The molecule has 0 bridgehead atoms. The smallest absolute Gasteiger partial charge is 0.307 e. The minimum absolute atomic E-state index is 0.166. The summed E-state index contributed by atoms with van der Waals surface area (Å²) in [6.45, 7) is 4.59. The molecule has 0 aromatic carbocycles. The van der Waals surface area contributed by atoms with Gasteiger partial charge in [-0.2, -0.15) is 0 Å². The van der Waals surface area contributed by atoms with Crippen molar-refractivity contribution in [3.05, 3.63) is 46.3 Å². The van der Waals surface area contributed by atoms with Gasteiger partial charge in [-0.05, 0) is 25.5 Å². The lowest BCUT2D eigenvalue weighted by Crippen LogP contribution is -2.16. The number of hydrogen-bond acceptors (Lipinski definition) is 4. The van der Waals surface area contributed by atoms with Crippen molar-refractivity contribution in [1.82, 2.24) is 24.1 Å². The largest absolute Gasteiger partial charge is 0.343 e. The molecule has 7 heteroatoms. The van der Waals surface area contributed by atoms with Gasteiger partial charge in [0.15, 0.2) is 5.16 Å². The van der Waals surface area contributed by atoms with Crippen molar-refractivity contribution in [1.29, 1.82) is 0 Å². The Bertz CT molecular complexity index is 801. The summed E-state index contributed by atoms with van der Waals surface area (Å²) in [6.07, 6.45) is 4.06. The first-order chi connectivity index (χ1) is 9.67. The van der Waals surface area contributed by atoms with Crippen LogP contribution >= 0.6 is 11.8 Å². The fourth-order valence-corrected chi connectivity index (χ4v) is 2.95. The van der Waals surface area contributed by atoms with Gasteiger partial charge in [0, 0.05) is 24.7 Å². The molecule has 0 aliphatic rings. The van der Waals surface area contributed by atoms with E-state index >= 15 is 0 Å². The van der Waals surface area contributed by atoms with Crippen molar-refractivity contribution in [3.63, 3.8) is 0 Å². The van der Waals surface area contributed by atoms with Gasteiger partial charge in [-0.3, -0.25) is 4.57 Å². The van der Waals surface area contributed by atoms with E-state index in [1.54, 1.807) is 4.57 Å². The molecule has 0 aliphatic carbocycles. The van der Waals surface area contributed by atoms with E-state index in [0.717, 1.165) is 11.3 Å². The van der Waals surface area contributed by atoms with Crippen LogP contribution in [0.5, 0.6) is 0 Å². The Hall–Kier alpha value is -2.02. The van der Waals surface area contributed by atoms with Crippen molar-refractivity contribution >= 4 is 17.4 Å². The Morgan fingerprint density at radius 3 is 3.00 bits per heavy atom. The van der Waals surface area contributed by atoms with E-state index in [2.05, 4.69) is 22.1 Å². The Morgan fingerprint density at radius 2 is 2.20 bits per heavy atom. The molecule has 6 nitrogen and oxygen atoms in total. The highest BCUT2D eigenvalue weighted by Gasteiger charge is 2.09. The molecule has 1 N–H and O–H groups in total. The molecule has 3 heterocycles. The number of pyridine rings is 1. The molecule has 0 saturated heterocycles. The third kappa shape index (κ3) is 2.36. The molecule has 0 unspecified atom stereocenters. The molecule has 0 amide bonds. The lowest BCUT2D eigenvalue weighted by Gasteiger charge is -1.99. The minimum Gasteiger partial charge on any atom is -0.307 e. The third-order valence-corrected chi connectivity index (χ3v) is 4.05. The van der Waals surface area contributed by atoms with Gasteiger partial charge in [-0.1, -0.05) is 17.8 Å². The van der Waals surface area contributed by atoms with Crippen LogP contribution in [0.25, 0.3) is 5.65 Å². The summed E-state index contributed by atoms with van der Waals surface area (Å²) in [5, 5.41) is 7.19. The molecule has 0 atom stereocenters. The summed E-state index contributed by atoms with van der Waals surface area (Å²) >= 11 is 1.51. The zero-order valence-electron chi connectivity index (χ0n) is 11.3. The quantitative estimate of drug-likeness (QED) is 0.744. The average Bonchev–Trinajstić information content (AvgIpc) is 2.98. The number of H-pyrrole nitrogens is 1. The lowest BCUT2D eigenvalue weighted by atomic mass is 10.3. The van der Waals surface area contributed by atoms with Gasteiger partial charge in [0.25, 0.3) is 0 Å². The minimum atomic E-state index is -0.166. The summed E-state index contributed by atoms with van der Waals surface area (Å²) in [7, 11) is 0. The van der Waals surface area contributed by atoms with Gasteiger partial charge in [0.05, 0.1) is 5.69 Å². The van der Waals surface area contributed by atoms with Crippen LogP contribution in [0, 0.1) is 6.92 Å². The predicted molar refractivity (Wildman–Crippen MR) is 78.0 cm³/mol. The number of thioether (sulfide) groups is 1. The lowest BCUT2D eigenvalue weighted by molar-refractivity contribution is 0.660. The third-order valence-electron chi connectivity index (χ3n) is 3.04. The van der Waals surface area contributed by atoms with E-state index < -0.39 is 0 Å². The molecule has 0 spiro atoms. The average molecular weight is 289 g/mol. The van der Waals surface area contributed by atoms with Gasteiger partial charge < -0.3 is 4.40 Å². The van der Waals surface area contributed by atoms with Crippen molar-refractivity contribution in [2.24, 2.45) is 0 Å². The van der Waals surface area contributed by atoms with E-state index in [1.807, 2.05) is 35.9 Å². The monoisotopic (exact) mass is 289 g/mol. The van der Waals surface area contributed by atoms with Gasteiger partial charge in [0.1, 0.15) is 5.65 Å². The Morgan fingerprint density at radius 1 is 1.35 bits per heavy atom. The van der Waals surface area contributed by atoms with E-state index in [9.17, 15) is 4.79 Å². The van der Waals surface area contributed by atoms with Crippen LogP contribution < -0.4 is 5.69 Å². The molecule has 3 rings (SSSR count). The molecule has 0 saturated carbocycles. The second-order valence-corrected chi connectivity index (χ2v) is 5.49. The molecule has 3 aromatic heterocycles. The number of hydrogen-bond donors (Lipinski definition) is 1. The highest BCUT2D eigenvalue weighted by atomic mass is 32.2. The highest BCUT2D eigenvalue weighted by molar-refractivity contribution is 7.98. The van der Waals surface area contributed by atoms with Crippen LogP contribution in [0.15, 0.2) is 34.5 Å². The van der Waals surface area contributed by atoms with Crippen LogP contribution in [0.1, 0.15) is 18.2 Å². The van der Waals surface area contributed by atoms with Crippen LogP contribution in [-0.4, -0.2) is 24.1 Å². The van der Waals surface area contributed by atoms with Gasteiger partial charge in [-0.25, -0.2) is 14.9 Å². The van der Waals surface area contributed by atoms with Gasteiger partial charge in [-0.15, -0.1) is 5.10 Å². The topological polar surface area (TPSA) is 68.0 Å². The molecule has 0 radical (unpaired) electrons. The Balaban J connectivity index is 1.81. The number of rotatable bonds is 4. The standard InChI is InChI=1S/C13H15N5OS/c1-3-18-12(19)15-16-13(18)20-8-10-7-17-6-9(2)4-5-11(17)14-10/h4-7H,3,8H2,1-2H3,(H,15,19). The van der Waals surface area contributed by atoms with Crippen molar-refractivity contribution < 1.29 is 0 Å². The molecule has 0 aliphatic heterocycles. The van der Waals surface area contributed by atoms with Crippen LogP contribution in [0.3, 0.4) is 0 Å². The van der Waals surface area contributed by atoms with Crippen molar-refractivity contribution in [2.45, 2.75) is 31.3 Å². The first kappa shape index (κ1) is 13.0. The number of nitrogens with one attached hydrogen (secondary N) is 1. The van der Waals surface area contributed by atoms with Gasteiger partial charge >= 0.3 is 5.69 Å². The molecular weight excluding hydrogens is 274 g/mol. The summed E-state index contributed by atoms with van der Waals surface area (Å²) in [6, 6.07) is 4.04. The second-order valence-electron chi connectivity index (χ2n) is 4.55. The molecule has 20 heavy (non-hydrogen) atoms. The normalized spacial score (nSPS) is 11.3. The zero-order chi connectivity index (χ0) is 14.1. The predicted octanol–water partition coefficient (Wildman–Crippen LogP) is 1.84. The Kier molecular flexibility index (Phi) is 3.35. The molecule has 3 aromatic rings. The maximum atomic E-state index is 11.5. The number of imidazole rings is 1. The number of fused-ring (bicyclic) bond motifs is 1. The number of nitrogens with zero attached hydrogens (tertiary/aromatic N) is 4. The molecular formula is C13H15N5OS. The fraction of sp³-hybridized carbons (Fsp3) is 0.308. The zero-order valence-corrected chi connectivity index (χ0v) is 12.1. The number of aryl methyl sites for hydroxylation is 1. The van der Waals surface area contributed by atoms with Crippen LogP contribution in [0.2, 0.25) is 0 Å². The van der Waals surface area contributed by atoms with E-state index in [1.165, 1.54) is 17.3 Å². The fourth-order valence-electron chi connectivity index (χ4n) is 2.06. The maximum Gasteiger partial charge on any atom is 0.343 e. The summed E-state index contributed by atoms with van der Waals surface area (Å²) < 4.78 is 3.63. The maximum absolute atomic E-state index is 11.5. The van der Waals surface area contributed by atoms with E-state index in [0.29, 0.717) is 17.5 Å². The van der Waals surface area contributed by atoms with Gasteiger partial charge in [0.2, 0.25) is 0 Å². The molecule has 0 fully saturated rings.